The van der Waals surface area contributed by atoms with E-state index >= 15 is 0 Å². The molecule has 0 saturated heterocycles. The zero-order valence-corrected chi connectivity index (χ0v) is 13.3. The molecule has 21 heavy (non-hydrogen) atoms. The highest BCUT2D eigenvalue weighted by atomic mass is 35.5. The number of non-ortho nitro benzene ring substituents is 1. The van der Waals surface area contributed by atoms with Crippen molar-refractivity contribution in [2.75, 3.05) is 13.6 Å². The van der Waals surface area contributed by atoms with Gasteiger partial charge in [-0.15, -0.1) is 12.4 Å². The normalized spacial score (nSPS) is 11.7. The molecule has 0 aliphatic heterocycles. The van der Waals surface area contributed by atoms with Crippen molar-refractivity contribution in [3.05, 3.63) is 39.9 Å². The summed E-state index contributed by atoms with van der Waals surface area (Å²) in [5.74, 6) is 0.126. The third-order valence-corrected chi connectivity index (χ3v) is 3.30. The van der Waals surface area contributed by atoms with E-state index in [4.69, 9.17) is 5.73 Å². The quantitative estimate of drug-likeness (QED) is 0.645. The molecule has 7 heteroatoms. The van der Waals surface area contributed by atoms with Gasteiger partial charge in [0, 0.05) is 37.3 Å². The van der Waals surface area contributed by atoms with E-state index in [1.807, 2.05) is 13.8 Å². The molecule has 0 heterocycles. The fraction of sp³-hybridized carbons (Fsp3) is 0.500. The summed E-state index contributed by atoms with van der Waals surface area (Å²) >= 11 is 0. The lowest BCUT2D eigenvalue weighted by Gasteiger charge is -2.21. The third kappa shape index (κ3) is 5.69. The van der Waals surface area contributed by atoms with Gasteiger partial charge in [0.2, 0.25) is 0 Å². The van der Waals surface area contributed by atoms with Crippen molar-refractivity contribution in [2.24, 2.45) is 11.7 Å². The van der Waals surface area contributed by atoms with E-state index in [1.165, 1.54) is 18.2 Å². The Balaban J connectivity index is 0.00000400. The van der Waals surface area contributed by atoms with Crippen LogP contribution in [0.3, 0.4) is 0 Å². The molecule has 1 aromatic rings. The minimum Gasteiger partial charge on any atom is -0.342 e. The first-order chi connectivity index (χ1) is 9.32. The molecule has 1 amide bonds. The monoisotopic (exact) mass is 315 g/mol. The minimum atomic E-state index is -0.508. The highest BCUT2D eigenvalue weighted by Crippen LogP contribution is 2.15. The van der Waals surface area contributed by atoms with E-state index in [0.717, 1.165) is 0 Å². The van der Waals surface area contributed by atoms with Crippen molar-refractivity contribution in [3.63, 3.8) is 0 Å². The molecule has 118 valence electrons. The van der Waals surface area contributed by atoms with Crippen LogP contribution in [0.5, 0.6) is 0 Å². The number of benzene rings is 1. The molecule has 0 saturated carbocycles. The van der Waals surface area contributed by atoms with Crippen LogP contribution in [0.25, 0.3) is 0 Å². The van der Waals surface area contributed by atoms with Gasteiger partial charge in [-0.3, -0.25) is 14.9 Å². The summed E-state index contributed by atoms with van der Waals surface area (Å²) in [6, 6.07) is 5.79. The summed E-state index contributed by atoms with van der Waals surface area (Å²) in [6.45, 7) is 4.60. The van der Waals surface area contributed by atoms with Crippen molar-refractivity contribution in [1.82, 2.24) is 4.90 Å². The molecule has 0 radical (unpaired) electrons. The second kappa shape index (κ2) is 8.59. The summed E-state index contributed by atoms with van der Waals surface area (Å²) in [5.41, 5.74) is 6.18. The van der Waals surface area contributed by atoms with Crippen LogP contribution >= 0.6 is 12.4 Å². The molecule has 1 unspecified atom stereocenters. The van der Waals surface area contributed by atoms with Gasteiger partial charge in [-0.1, -0.05) is 19.9 Å². The summed E-state index contributed by atoms with van der Waals surface area (Å²) in [6.07, 6.45) is 0.703. The van der Waals surface area contributed by atoms with Crippen LogP contribution in [0, 0.1) is 16.0 Å². The number of rotatable bonds is 6. The van der Waals surface area contributed by atoms with Crippen LogP contribution in [-0.2, 0) is 0 Å². The number of amides is 1. The van der Waals surface area contributed by atoms with Gasteiger partial charge >= 0.3 is 0 Å². The van der Waals surface area contributed by atoms with E-state index < -0.39 is 4.92 Å². The van der Waals surface area contributed by atoms with Crippen LogP contribution in [0.1, 0.15) is 30.6 Å². The van der Waals surface area contributed by atoms with Gasteiger partial charge in [0.05, 0.1) is 4.92 Å². The number of nitrogens with two attached hydrogens (primary N) is 1. The summed E-state index contributed by atoms with van der Waals surface area (Å²) in [4.78, 5) is 23.9. The Kier molecular flexibility index (Phi) is 7.91. The lowest BCUT2D eigenvalue weighted by Crippen LogP contribution is -2.34. The first-order valence-corrected chi connectivity index (χ1v) is 6.58. The van der Waals surface area contributed by atoms with Crippen LogP contribution in [0.15, 0.2) is 24.3 Å². The maximum absolute atomic E-state index is 12.2. The minimum absolute atomic E-state index is 0. The van der Waals surface area contributed by atoms with Crippen LogP contribution in [0.2, 0.25) is 0 Å². The fourth-order valence-corrected chi connectivity index (χ4v) is 1.75. The predicted molar refractivity (Wildman–Crippen MR) is 84.7 cm³/mol. The Morgan fingerprint density at radius 2 is 2.05 bits per heavy atom. The number of carbonyl (C=O) groups excluding carboxylic acids is 1. The molecular weight excluding hydrogens is 294 g/mol. The topological polar surface area (TPSA) is 89.5 Å². The van der Waals surface area contributed by atoms with Gasteiger partial charge in [-0.25, -0.2) is 0 Å². The molecule has 2 N–H and O–H groups in total. The molecule has 0 fully saturated rings. The van der Waals surface area contributed by atoms with E-state index in [2.05, 4.69) is 0 Å². The smallest absolute Gasteiger partial charge is 0.270 e. The van der Waals surface area contributed by atoms with Gasteiger partial charge in [-0.05, 0) is 18.4 Å². The summed E-state index contributed by atoms with van der Waals surface area (Å²) in [7, 11) is 1.67. The van der Waals surface area contributed by atoms with E-state index in [0.29, 0.717) is 24.4 Å². The van der Waals surface area contributed by atoms with Crippen molar-refractivity contribution in [3.8, 4) is 0 Å². The summed E-state index contributed by atoms with van der Waals surface area (Å²) < 4.78 is 0. The molecule has 0 spiro atoms. The van der Waals surface area contributed by atoms with Gasteiger partial charge < -0.3 is 10.6 Å². The molecule has 0 bridgehead atoms. The second-order valence-corrected chi connectivity index (χ2v) is 5.23. The van der Waals surface area contributed by atoms with Gasteiger partial charge in [0.1, 0.15) is 0 Å². The number of nitro groups is 1. The second-order valence-electron chi connectivity index (χ2n) is 5.23. The van der Waals surface area contributed by atoms with Gasteiger partial charge in [0.25, 0.3) is 11.6 Å². The average Bonchev–Trinajstić information content (AvgIpc) is 2.43. The average molecular weight is 316 g/mol. The Morgan fingerprint density at radius 3 is 2.57 bits per heavy atom. The first-order valence-electron chi connectivity index (χ1n) is 6.58. The van der Waals surface area contributed by atoms with Crippen molar-refractivity contribution >= 4 is 24.0 Å². The number of nitro benzene ring substituents is 1. The molecule has 0 aromatic heterocycles. The zero-order valence-electron chi connectivity index (χ0n) is 12.5. The standard InChI is InChI=1S/C14H21N3O3.ClH/c1-10(2)13(15)7-8-16(3)14(18)11-5-4-6-12(9-11)17(19)20;/h4-6,9-10,13H,7-8,15H2,1-3H3;1H. The van der Waals surface area contributed by atoms with Crippen LogP contribution in [-0.4, -0.2) is 35.4 Å². The first kappa shape index (κ1) is 19.3. The number of halogens is 1. The number of hydrogen-bond donors (Lipinski definition) is 1. The maximum atomic E-state index is 12.2. The molecule has 1 atom stereocenters. The van der Waals surface area contributed by atoms with Crippen LogP contribution in [0.4, 0.5) is 5.69 Å². The summed E-state index contributed by atoms with van der Waals surface area (Å²) in [5, 5.41) is 10.7. The Labute approximate surface area is 130 Å². The Hall–Kier alpha value is -1.66. The number of hydrogen-bond acceptors (Lipinski definition) is 4. The maximum Gasteiger partial charge on any atom is 0.270 e. The van der Waals surface area contributed by atoms with E-state index in [9.17, 15) is 14.9 Å². The fourth-order valence-electron chi connectivity index (χ4n) is 1.75. The SMILES string of the molecule is CC(C)C(N)CCN(C)C(=O)c1cccc([N+](=O)[O-])c1.Cl. The molecule has 6 nitrogen and oxygen atoms in total. The largest absolute Gasteiger partial charge is 0.342 e. The zero-order chi connectivity index (χ0) is 15.3. The third-order valence-electron chi connectivity index (χ3n) is 3.30. The molecule has 1 aromatic carbocycles. The molecule has 0 aliphatic carbocycles. The molecular formula is C14H22ClN3O3. The van der Waals surface area contributed by atoms with Crippen molar-refractivity contribution in [2.45, 2.75) is 26.3 Å². The molecule has 0 aliphatic rings. The Bertz CT molecular complexity index is 494. The van der Waals surface area contributed by atoms with E-state index in [-0.39, 0.29) is 30.0 Å². The predicted octanol–water partition coefficient (Wildman–Crippen LogP) is 2.46. The number of nitrogens with zero attached hydrogens (tertiary/aromatic N) is 2. The highest BCUT2D eigenvalue weighted by Gasteiger charge is 2.16. The van der Waals surface area contributed by atoms with Crippen LogP contribution < -0.4 is 5.73 Å². The lowest BCUT2D eigenvalue weighted by molar-refractivity contribution is -0.384. The highest BCUT2D eigenvalue weighted by molar-refractivity contribution is 5.94. The van der Waals surface area contributed by atoms with Crippen molar-refractivity contribution in [1.29, 1.82) is 0 Å². The van der Waals surface area contributed by atoms with E-state index in [1.54, 1.807) is 18.0 Å². The van der Waals surface area contributed by atoms with Gasteiger partial charge in [0.15, 0.2) is 0 Å². The number of carbonyl (C=O) groups is 1. The Morgan fingerprint density at radius 1 is 1.43 bits per heavy atom. The van der Waals surface area contributed by atoms with Gasteiger partial charge in [-0.2, -0.15) is 0 Å². The van der Waals surface area contributed by atoms with Crippen molar-refractivity contribution < 1.29 is 9.72 Å². The molecule has 1 rings (SSSR count). The lowest BCUT2D eigenvalue weighted by atomic mass is 10.0.